The Kier molecular flexibility index (Phi) is 19.1. The Morgan fingerprint density at radius 1 is 0.696 bits per heavy atom. The lowest BCUT2D eigenvalue weighted by Gasteiger charge is -2.30. The fourth-order valence-corrected chi connectivity index (χ4v) is 9.15. The van der Waals surface area contributed by atoms with Gasteiger partial charge in [0.2, 0.25) is 41.4 Å². The average molecular weight is 946 g/mol. The second kappa shape index (κ2) is 25.8. The van der Waals surface area contributed by atoms with Crippen LogP contribution in [-0.4, -0.2) is 102 Å². The van der Waals surface area contributed by atoms with E-state index < -0.39 is 77.6 Å². The van der Waals surface area contributed by atoms with E-state index in [2.05, 4.69) is 47.5 Å². The number of H-pyrrole nitrogens is 1. The van der Waals surface area contributed by atoms with Crippen LogP contribution in [-0.2, 0) is 52.8 Å². The van der Waals surface area contributed by atoms with Crippen molar-refractivity contribution < 1.29 is 33.6 Å². The molecule has 368 valence electrons. The van der Waals surface area contributed by atoms with Gasteiger partial charge in [-0.1, -0.05) is 111 Å². The van der Waals surface area contributed by atoms with Crippen LogP contribution in [0.4, 0.5) is 0 Å². The largest absolute Gasteiger partial charge is 0.370 e. The number of para-hydroxylation sites is 1. The lowest BCUT2D eigenvalue weighted by molar-refractivity contribution is -0.136. The Morgan fingerprint density at radius 3 is 2.00 bits per heavy atom. The summed E-state index contributed by atoms with van der Waals surface area (Å²) in [6, 6.07) is 18.9. The molecule has 1 saturated carbocycles. The van der Waals surface area contributed by atoms with E-state index in [9.17, 15) is 33.6 Å². The minimum atomic E-state index is -1.23. The molecule has 0 spiro atoms. The number of carbonyl (C=O) groups excluding carboxylic acids is 7. The second-order valence-corrected chi connectivity index (χ2v) is 18.2. The number of fused-ring (bicyclic) bond motifs is 1. The van der Waals surface area contributed by atoms with E-state index in [0.29, 0.717) is 6.42 Å². The van der Waals surface area contributed by atoms with E-state index in [1.54, 1.807) is 6.20 Å². The lowest BCUT2D eigenvalue weighted by atomic mass is 9.84. The topological polar surface area (TPSA) is 281 Å². The van der Waals surface area contributed by atoms with Gasteiger partial charge in [0.15, 0.2) is 5.96 Å². The molecule has 0 radical (unpaired) electrons. The van der Waals surface area contributed by atoms with Crippen molar-refractivity contribution >= 4 is 58.2 Å². The molecule has 1 saturated heterocycles. The molecule has 0 bridgehead atoms. The zero-order chi connectivity index (χ0) is 49.1. The van der Waals surface area contributed by atoms with Crippen molar-refractivity contribution in [1.82, 2.24) is 47.5 Å². The Labute approximate surface area is 402 Å². The molecule has 1 aliphatic carbocycles. The molecule has 2 heterocycles. The molecule has 18 nitrogen and oxygen atoms in total. The van der Waals surface area contributed by atoms with Gasteiger partial charge in [-0.15, -0.1) is 0 Å². The first-order chi connectivity index (χ1) is 33.3. The van der Waals surface area contributed by atoms with Crippen molar-refractivity contribution in [2.45, 2.75) is 127 Å². The van der Waals surface area contributed by atoms with Gasteiger partial charge in [0.25, 0.3) is 0 Å². The molecule has 12 N–H and O–H groups in total. The molecular formula is C51H67N11O7. The molecule has 7 amide bonds. The standard InChI is InChI=1S/C51H67N11O7/c1-32(63)57-41(27-33-15-5-2-6-16-33)47(66)59-40-24-13-25-54-45(64)39(23-14-26-55-51(52)53)58-50(69)44(30-36-31-56-38-22-12-11-21-37(36)38)62-49(68)43(29-35-19-9-4-10-20-35)61-48(67)42(60-46(40)65)28-34-17-7-3-8-18-34/h2-3,5-8,11-12,15-18,21-22,31,35,39-44,56H,4,9-10,13-14,19-20,23-30H2,1H3,(H,54,64)(H,57,63)(H,58,69)(H,59,66)(H,60,65)(H,61,67)(H,62,68)(H4,52,53,55)/t39?,40-,41-,42?,43+,44?/m0/s1. The highest BCUT2D eigenvalue weighted by atomic mass is 16.2. The van der Waals surface area contributed by atoms with E-state index in [4.69, 9.17) is 11.1 Å². The normalized spacial score (nSPS) is 21.8. The monoisotopic (exact) mass is 946 g/mol. The zero-order valence-electron chi connectivity index (χ0n) is 39.2. The molecule has 1 aliphatic heterocycles. The van der Waals surface area contributed by atoms with Gasteiger partial charge in [-0.3, -0.25) is 39.0 Å². The SMILES string of the molecule is CC(=O)N[C@@H](Cc1ccccc1)C(=O)N[C@H]1CCCNC(=O)C(CCCNC(=N)N)NC(=O)C(Cc2c[nH]c3ccccc23)NC(=O)[C@@H](CC2CCCCC2)NC(=O)C(Cc2ccccc2)NC1=O. The lowest BCUT2D eigenvalue weighted by Crippen LogP contribution is -2.61. The van der Waals surface area contributed by atoms with Gasteiger partial charge in [-0.25, -0.2) is 0 Å². The Balaban J connectivity index is 1.35. The van der Waals surface area contributed by atoms with Crippen molar-refractivity contribution in [3.8, 4) is 0 Å². The predicted octanol–water partition coefficient (Wildman–Crippen LogP) is 2.27. The van der Waals surface area contributed by atoms with Crippen LogP contribution >= 0.6 is 0 Å². The molecule has 4 aromatic rings. The molecular weight excluding hydrogens is 879 g/mol. The molecule has 3 unspecified atom stereocenters. The number of amides is 7. The van der Waals surface area contributed by atoms with Crippen molar-refractivity contribution in [3.63, 3.8) is 0 Å². The third-order valence-electron chi connectivity index (χ3n) is 12.8. The highest BCUT2D eigenvalue weighted by Crippen LogP contribution is 2.28. The van der Waals surface area contributed by atoms with Gasteiger partial charge in [-0.05, 0) is 60.8 Å². The van der Waals surface area contributed by atoms with Gasteiger partial charge in [0.1, 0.15) is 36.3 Å². The van der Waals surface area contributed by atoms with Gasteiger partial charge < -0.3 is 53.3 Å². The number of aromatic nitrogens is 1. The Bertz CT molecular complexity index is 2390. The number of nitrogens with one attached hydrogen (secondary N) is 10. The van der Waals surface area contributed by atoms with Gasteiger partial charge in [0.05, 0.1) is 0 Å². The first-order valence-electron chi connectivity index (χ1n) is 24.1. The molecule has 6 atom stereocenters. The summed E-state index contributed by atoms with van der Waals surface area (Å²) in [5.74, 6) is -4.26. The van der Waals surface area contributed by atoms with Gasteiger partial charge >= 0.3 is 0 Å². The first-order valence-corrected chi connectivity index (χ1v) is 24.1. The second-order valence-electron chi connectivity index (χ2n) is 18.2. The number of hydrogen-bond acceptors (Lipinski definition) is 8. The van der Waals surface area contributed by atoms with Crippen LogP contribution in [0.2, 0.25) is 0 Å². The molecule has 18 heteroatoms. The third kappa shape index (κ3) is 15.9. The zero-order valence-corrected chi connectivity index (χ0v) is 39.2. The van der Waals surface area contributed by atoms with Crippen LogP contribution in [0.25, 0.3) is 10.9 Å². The Morgan fingerprint density at radius 2 is 1.30 bits per heavy atom. The highest BCUT2D eigenvalue weighted by molar-refractivity contribution is 5.97. The molecule has 3 aromatic carbocycles. The number of benzene rings is 3. The van der Waals surface area contributed by atoms with Crippen molar-refractivity contribution in [2.75, 3.05) is 13.1 Å². The van der Waals surface area contributed by atoms with Crippen molar-refractivity contribution in [3.05, 3.63) is 108 Å². The van der Waals surface area contributed by atoms with Crippen LogP contribution in [0.15, 0.2) is 91.1 Å². The van der Waals surface area contributed by atoms with Crippen molar-refractivity contribution in [2.24, 2.45) is 11.7 Å². The third-order valence-corrected chi connectivity index (χ3v) is 12.8. The summed E-state index contributed by atoms with van der Waals surface area (Å²) in [6.45, 7) is 1.58. The summed E-state index contributed by atoms with van der Waals surface area (Å²) in [5, 5.41) is 31.2. The average Bonchev–Trinajstić information content (AvgIpc) is 3.75. The summed E-state index contributed by atoms with van der Waals surface area (Å²) in [7, 11) is 0. The molecule has 6 rings (SSSR count). The Hall–Kier alpha value is -7.24. The number of hydrogen-bond donors (Lipinski definition) is 11. The van der Waals surface area contributed by atoms with Crippen molar-refractivity contribution in [1.29, 1.82) is 5.41 Å². The predicted molar refractivity (Wildman–Crippen MR) is 262 cm³/mol. The maximum Gasteiger partial charge on any atom is 0.243 e. The maximum atomic E-state index is 14.8. The number of guanidine groups is 1. The number of carbonyl (C=O) groups is 7. The summed E-state index contributed by atoms with van der Waals surface area (Å²) in [6.07, 6.45) is 7.67. The minimum Gasteiger partial charge on any atom is -0.370 e. The maximum absolute atomic E-state index is 14.8. The van der Waals surface area contributed by atoms with Gasteiger partial charge in [-0.2, -0.15) is 0 Å². The number of aromatic amines is 1. The summed E-state index contributed by atoms with van der Waals surface area (Å²) in [4.78, 5) is 102. The fourth-order valence-electron chi connectivity index (χ4n) is 9.15. The van der Waals surface area contributed by atoms with Crippen LogP contribution < -0.4 is 48.3 Å². The quantitative estimate of drug-likeness (QED) is 0.0473. The molecule has 2 aliphatic rings. The van der Waals surface area contributed by atoms with E-state index in [1.807, 2.05) is 84.9 Å². The van der Waals surface area contributed by atoms with Gasteiger partial charge in [0, 0.05) is 56.4 Å². The molecule has 69 heavy (non-hydrogen) atoms. The number of nitrogens with two attached hydrogens (primary N) is 1. The summed E-state index contributed by atoms with van der Waals surface area (Å²) in [5.41, 5.74) is 8.61. The van der Waals surface area contributed by atoms with Crippen LogP contribution in [0.3, 0.4) is 0 Å². The molecule has 1 aromatic heterocycles. The van der Waals surface area contributed by atoms with E-state index in [1.165, 1.54) is 6.92 Å². The molecule has 2 fully saturated rings. The van der Waals surface area contributed by atoms with E-state index in [0.717, 1.165) is 59.7 Å². The van der Waals surface area contributed by atoms with Crippen LogP contribution in [0, 0.1) is 11.3 Å². The van der Waals surface area contributed by atoms with E-state index >= 15 is 0 Å². The van der Waals surface area contributed by atoms with Crippen LogP contribution in [0.5, 0.6) is 0 Å². The minimum absolute atomic E-state index is 0.00855. The highest BCUT2D eigenvalue weighted by Gasteiger charge is 2.35. The summed E-state index contributed by atoms with van der Waals surface area (Å²) >= 11 is 0. The first kappa shape index (κ1) is 51.2. The van der Waals surface area contributed by atoms with Crippen LogP contribution in [0.1, 0.15) is 87.8 Å². The van der Waals surface area contributed by atoms with E-state index in [-0.39, 0.29) is 69.9 Å². The fraction of sp³-hybridized carbons (Fsp3) is 0.451. The number of rotatable bonds is 15. The smallest absolute Gasteiger partial charge is 0.243 e. The summed E-state index contributed by atoms with van der Waals surface area (Å²) < 4.78 is 0.